The second kappa shape index (κ2) is 9.20. The van der Waals surface area contributed by atoms with E-state index in [-0.39, 0.29) is 66.2 Å². The fraction of sp³-hybridized carbons (Fsp3) is 0.556. The van der Waals surface area contributed by atoms with Crippen molar-refractivity contribution in [1.29, 1.82) is 0 Å². The summed E-state index contributed by atoms with van der Waals surface area (Å²) < 4.78 is 62.1. The van der Waals surface area contributed by atoms with Crippen LogP contribution in [0.15, 0.2) is 38.8 Å². The Balaban J connectivity index is 1.65. The van der Waals surface area contributed by atoms with Crippen LogP contribution < -0.4 is 16.7 Å². The third kappa shape index (κ3) is 4.49. The normalized spacial score (nSPS) is 23.6. The average molecular weight is 535 g/mol. The second-order valence-electron chi connectivity index (χ2n) is 10.8. The Labute approximate surface area is 215 Å². The standard InChI is InChI=1S/C27H30F4N4O3/c1-15-32-23-20(24(37)34(15)3)13-19(25(38)35(23)18-7-9-26(28,29)10-8-18)16-6-11-27(30,31)21(12-16)17-4-5-22(36)33(2)14-17/h4-5,13-14,16,18,21H,6-12H2,1-3H3/t16-,21+/m0/s1. The van der Waals surface area contributed by atoms with E-state index in [1.165, 1.54) is 45.1 Å². The van der Waals surface area contributed by atoms with Gasteiger partial charge in [-0.15, -0.1) is 0 Å². The molecule has 38 heavy (non-hydrogen) atoms. The van der Waals surface area contributed by atoms with Crippen LogP contribution >= 0.6 is 0 Å². The van der Waals surface area contributed by atoms with Crippen LogP contribution in [0.3, 0.4) is 0 Å². The van der Waals surface area contributed by atoms with Gasteiger partial charge >= 0.3 is 0 Å². The van der Waals surface area contributed by atoms with Gasteiger partial charge in [-0.1, -0.05) is 6.07 Å². The number of aromatic nitrogens is 4. The monoisotopic (exact) mass is 534 g/mol. The summed E-state index contributed by atoms with van der Waals surface area (Å²) in [6.45, 7) is 1.62. The zero-order valence-corrected chi connectivity index (χ0v) is 21.5. The van der Waals surface area contributed by atoms with Crippen LogP contribution in [0.5, 0.6) is 0 Å². The maximum absolute atomic E-state index is 15.1. The van der Waals surface area contributed by atoms with Gasteiger partial charge in [-0.2, -0.15) is 0 Å². The Kier molecular flexibility index (Phi) is 6.38. The quantitative estimate of drug-likeness (QED) is 0.463. The molecule has 0 spiro atoms. The maximum Gasteiger partial charge on any atom is 0.262 e. The molecular formula is C27H30F4N4O3. The summed E-state index contributed by atoms with van der Waals surface area (Å²) >= 11 is 0. The van der Waals surface area contributed by atoms with Crippen LogP contribution in [0.25, 0.3) is 11.0 Å². The lowest BCUT2D eigenvalue weighted by molar-refractivity contribution is -0.0595. The molecule has 2 saturated carbocycles. The number of rotatable bonds is 3. The largest absolute Gasteiger partial charge is 0.318 e. The molecule has 11 heteroatoms. The first-order chi connectivity index (χ1) is 17.8. The molecule has 2 aliphatic carbocycles. The first kappa shape index (κ1) is 26.4. The highest BCUT2D eigenvalue weighted by Crippen LogP contribution is 2.49. The Morgan fingerprint density at radius 3 is 2.29 bits per heavy atom. The van der Waals surface area contributed by atoms with Crippen LogP contribution in [0.2, 0.25) is 0 Å². The summed E-state index contributed by atoms with van der Waals surface area (Å²) in [5, 5.41) is 0.168. The number of alkyl halides is 4. The molecule has 7 nitrogen and oxygen atoms in total. The van der Waals surface area contributed by atoms with Gasteiger partial charge in [-0.25, -0.2) is 22.5 Å². The Bertz CT molecular complexity index is 1580. The van der Waals surface area contributed by atoms with Crippen molar-refractivity contribution in [2.24, 2.45) is 14.1 Å². The summed E-state index contributed by atoms with van der Waals surface area (Å²) in [4.78, 5) is 43.5. The zero-order valence-electron chi connectivity index (χ0n) is 21.5. The van der Waals surface area contributed by atoms with E-state index in [1.807, 2.05) is 0 Å². The minimum atomic E-state index is -3.05. The highest BCUT2D eigenvalue weighted by atomic mass is 19.3. The highest BCUT2D eigenvalue weighted by Gasteiger charge is 2.46. The molecule has 0 aliphatic heterocycles. The Hall–Kier alpha value is -3.24. The van der Waals surface area contributed by atoms with Gasteiger partial charge in [0, 0.05) is 63.1 Å². The van der Waals surface area contributed by atoms with Crippen LogP contribution in [0.1, 0.15) is 79.8 Å². The van der Waals surface area contributed by atoms with Gasteiger partial charge in [0.15, 0.2) is 5.65 Å². The van der Waals surface area contributed by atoms with Crippen molar-refractivity contribution < 1.29 is 17.6 Å². The van der Waals surface area contributed by atoms with Gasteiger partial charge in [-0.3, -0.25) is 23.5 Å². The Morgan fingerprint density at radius 2 is 1.63 bits per heavy atom. The minimum absolute atomic E-state index is 0.0261. The fourth-order valence-corrected chi connectivity index (χ4v) is 5.99. The van der Waals surface area contributed by atoms with E-state index in [0.717, 1.165) is 0 Å². The van der Waals surface area contributed by atoms with E-state index < -0.39 is 41.7 Å². The number of fused-ring (bicyclic) bond motifs is 1. The van der Waals surface area contributed by atoms with Gasteiger partial charge in [0.05, 0.1) is 5.39 Å². The van der Waals surface area contributed by atoms with Crippen molar-refractivity contribution in [2.45, 2.75) is 81.6 Å². The summed E-state index contributed by atoms with van der Waals surface area (Å²) in [6.07, 6.45) is 0.214. The van der Waals surface area contributed by atoms with Crippen molar-refractivity contribution in [3.8, 4) is 0 Å². The molecule has 0 N–H and O–H groups in total. The fourth-order valence-electron chi connectivity index (χ4n) is 5.99. The predicted molar refractivity (Wildman–Crippen MR) is 134 cm³/mol. The predicted octanol–water partition coefficient (Wildman–Crippen LogP) is 4.54. The number of hydrogen-bond donors (Lipinski definition) is 0. The van der Waals surface area contributed by atoms with E-state index in [1.54, 1.807) is 14.0 Å². The van der Waals surface area contributed by atoms with E-state index in [4.69, 9.17) is 0 Å². The number of nitrogens with zero attached hydrogens (tertiary/aromatic N) is 4. The summed E-state index contributed by atoms with van der Waals surface area (Å²) in [5.41, 5.74) is -0.515. The molecule has 5 rings (SSSR count). The SMILES string of the molecule is Cc1nc2c(cc([C@H]3CCC(F)(F)[C@@H](c4ccc(=O)n(C)c4)C3)c(=O)n2C2CCC(F)(F)CC2)c(=O)n1C. The zero-order chi connectivity index (χ0) is 27.6. The summed E-state index contributed by atoms with van der Waals surface area (Å²) in [5.74, 6) is -7.31. The lowest BCUT2D eigenvalue weighted by Gasteiger charge is -2.37. The maximum atomic E-state index is 15.1. The van der Waals surface area contributed by atoms with Crippen LogP contribution in [0.4, 0.5) is 17.6 Å². The van der Waals surface area contributed by atoms with Crippen molar-refractivity contribution >= 4 is 11.0 Å². The lowest BCUT2D eigenvalue weighted by Crippen LogP contribution is -2.38. The van der Waals surface area contributed by atoms with Crippen LogP contribution in [-0.4, -0.2) is 30.5 Å². The molecular weight excluding hydrogens is 504 g/mol. The van der Waals surface area contributed by atoms with Crippen molar-refractivity contribution in [3.05, 3.63) is 72.4 Å². The Morgan fingerprint density at radius 1 is 0.947 bits per heavy atom. The molecule has 2 fully saturated rings. The molecule has 0 saturated heterocycles. The summed E-state index contributed by atoms with van der Waals surface area (Å²) in [6, 6.07) is 3.53. The molecule has 0 bridgehead atoms. The van der Waals surface area contributed by atoms with E-state index in [2.05, 4.69) is 4.98 Å². The first-order valence-corrected chi connectivity index (χ1v) is 12.8. The van der Waals surface area contributed by atoms with Gasteiger partial charge in [-0.05, 0) is 50.2 Å². The van der Waals surface area contributed by atoms with E-state index >= 15 is 8.78 Å². The molecule has 3 heterocycles. The number of halogens is 4. The van der Waals surface area contributed by atoms with E-state index in [9.17, 15) is 23.2 Å². The minimum Gasteiger partial charge on any atom is -0.318 e. The van der Waals surface area contributed by atoms with Gasteiger partial charge in [0.1, 0.15) is 5.82 Å². The first-order valence-electron chi connectivity index (χ1n) is 12.8. The molecule has 2 aliphatic rings. The number of hydrogen-bond acceptors (Lipinski definition) is 4. The lowest BCUT2D eigenvalue weighted by atomic mass is 9.73. The molecule has 3 aromatic heterocycles. The molecule has 3 aromatic rings. The second-order valence-corrected chi connectivity index (χ2v) is 10.8. The molecule has 0 radical (unpaired) electrons. The van der Waals surface area contributed by atoms with Gasteiger partial charge in [0.25, 0.3) is 17.0 Å². The molecule has 2 atom stereocenters. The van der Waals surface area contributed by atoms with Crippen LogP contribution in [-0.2, 0) is 14.1 Å². The molecule has 0 unspecified atom stereocenters. The van der Waals surface area contributed by atoms with E-state index in [0.29, 0.717) is 11.4 Å². The van der Waals surface area contributed by atoms with Crippen molar-refractivity contribution in [3.63, 3.8) is 0 Å². The van der Waals surface area contributed by atoms with Gasteiger partial charge in [0.2, 0.25) is 11.5 Å². The van der Waals surface area contributed by atoms with Crippen molar-refractivity contribution in [1.82, 2.24) is 18.7 Å². The smallest absolute Gasteiger partial charge is 0.262 e. The molecule has 204 valence electrons. The number of pyridine rings is 2. The van der Waals surface area contributed by atoms with Crippen molar-refractivity contribution in [2.75, 3.05) is 0 Å². The molecule has 0 aromatic carbocycles. The molecule has 0 amide bonds. The third-order valence-corrected chi connectivity index (χ3v) is 8.38. The summed E-state index contributed by atoms with van der Waals surface area (Å²) in [7, 11) is 3.04. The highest BCUT2D eigenvalue weighted by molar-refractivity contribution is 5.75. The van der Waals surface area contributed by atoms with Gasteiger partial charge < -0.3 is 4.57 Å². The average Bonchev–Trinajstić information content (AvgIpc) is 2.85. The number of aryl methyl sites for hydroxylation is 2. The topological polar surface area (TPSA) is 78.9 Å². The third-order valence-electron chi connectivity index (χ3n) is 8.38. The van der Waals surface area contributed by atoms with Crippen LogP contribution in [0, 0.1) is 6.92 Å².